The van der Waals surface area contributed by atoms with Crippen LogP contribution in [0.5, 0.6) is 11.5 Å². The van der Waals surface area contributed by atoms with E-state index in [1.54, 1.807) is 24.3 Å². The highest BCUT2D eigenvalue weighted by Crippen LogP contribution is 2.33. The maximum Gasteiger partial charge on any atom is 0.262 e. The molecular weight excluding hydrogens is 406 g/mol. The van der Waals surface area contributed by atoms with Crippen LogP contribution in [0.1, 0.15) is 13.8 Å². The van der Waals surface area contributed by atoms with Crippen molar-refractivity contribution in [3.8, 4) is 11.5 Å². The minimum Gasteiger partial charge on any atom is -0.491 e. The van der Waals surface area contributed by atoms with Crippen LogP contribution >= 0.6 is 0 Å². The fourth-order valence-electron chi connectivity index (χ4n) is 3.56. The number of benzene rings is 2. The van der Waals surface area contributed by atoms with Crippen LogP contribution in [0.4, 0.5) is 11.4 Å². The maximum absolute atomic E-state index is 13.0. The molecule has 4 rings (SSSR count). The molecule has 1 fully saturated rings. The number of hydrogen-bond acceptors (Lipinski definition) is 6. The Hall–Kier alpha value is -2.78. The molecule has 2 aromatic carbocycles. The molecule has 0 atom stereocenters. The molecule has 1 N–H and O–H groups in total. The number of piperazine rings is 1. The Kier molecular flexibility index (Phi) is 5.57. The lowest BCUT2D eigenvalue weighted by atomic mass is 10.2. The van der Waals surface area contributed by atoms with Crippen molar-refractivity contribution in [3.63, 3.8) is 0 Å². The van der Waals surface area contributed by atoms with Gasteiger partial charge in [-0.05, 0) is 50.2 Å². The summed E-state index contributed by atoms with van der Waals surface area (Å²) in [5.41, 5.74) is 1.60. The first-order valence-corrected chi connectivity index (χ1v) is 11.4. The van der Waals surface area contributed by atoms with E-state index in [0.717, 1.165) is 5.69 Å². The van der Waals surface area contributed by atoms with Crippen molar-refractivity contribution in [2.24, 2.45) is 0 Å². The fraction of sp³-hybridized carbons (Fsp3) is 0.381. The summed E-state index contributed by atoms with van der Waals surface area (Å²) in [6.45, 7) is 5.77. The normalized spacial score (nSPS) is 17.3. The van der Waals surface area contributed by atoms with Crippen LogP contribution in [-0.4, -0.2) is 57.5 Å². The zero-order valence-corrected chi connectivity index (χ0v) is 17.8. The number of nitrogens with one attached hydrogen (secondary N) is 1. The highest BCUT2D eigenvalue weighted by Gasteiger charge is 2.29. The summed E-state index contributed by atoms with van der Waals surface area (Å²) in [5.74, 6) is 1.11. The number of anilines is 2. The van der Waals surface area contributed by atoms with Crippen molar-refractivity contribution in [1.82, 2.24) is 4.31 Å². The number of amides is 1. The Balaban J connectivity index is 1.42. The Labute approximate surface area is 176 Å². The fourth-order valence-corrected chi connectivity index (χ4v) is 4.98. The van der Waals surface area contributed by atoms with Gasteiger partial charge >= 0.3 is 0 Å². The van der Waals surface area contributed by atoms with Gasteiger partial charge in [-0.15, -0.1) is 0 Å². The van der Waals surface area contributed by atoms with Crippen molar-refractivity contribution in [2.45, 2.75) is 24.8 Å². The van der Waals surface area contributed by atoms with Gasteiger partial charge in [0.25, 0.3) is 5.91 Å². The zero-order chi connectivity index (χ0) is 21.3. The van der Waals surface area contributed by atoms with E-state index < -0.39 is 10.0 Å². The van der Waals surface area contributed by atoms with Crippen molar-refractivity contribution < 1.29 is 22.7 Å². The number of carbonyl (C=O) groups excluding carboxylic acids is 1. The molecule has 160 valence electrons. The van der Waals surface area contributed by atoms with E-state index in [9.17, 15) is 13.2 Å². The number of ether oxygens (including phenoxy) is 2. The zero-order valence-electron chi connectivity index (χ0n) is 17.0. The predicted octanol–water partition coefficient (Wildman–Crippen LogP) is 2.32. The van der Waals surface area contributed by atoms with Crippen LogP contribution in [0.25, 0.3) is 0 Å². The molecule has 0 spiro atoms. The quantitative estimate of drug-likeness (QED) is 0.782. The van der Waals surface area contributed by atoms with Gasteiger partial charge in [-0.25, -0.2) is 8.42 Å². The van der Waals surface area contributed by atoms with E-state index in [1.807, 2.05) is 32.0 Å². The van der Waals surface area contributed by atoms with Crippen LogP contribution in [0.3, 0.4) is 0 Å². The standard InChI is InChI=1S/C21H25N3O5S/c1-15(2)29-17-4-6-18(7-5-17)30(26,27)24-11-9-23(10-12-24)16-3-8-19-20(13-16)28-14-21(25)22-19/h3-8,13,15H,9-12,14H2,1-2H3,(H,22,25). The first kappa shape index (κ1) is 20.5. The van der Waals surface area contributed by atoms with Crippen LogP contribution in [0.15, 0.2) is 47.4 Å². The van der Waals surface area contributed by atoms with Gasteiger partial charge in [0.2, 0.25) is 10.0 Å². The molecule has 0 bridgehead atoms. The van der Waals surface area contributed by atoms with Crippen LogP contribution in [-0.2, 0) is 14.8 Å². The monoisotopic (exact) mass is 431 g/mol. The highest BCUT2D eigenvalue weighted by molar-refractivity contribution is 7.89. The van der Waals surface area contributed by atoms with E-state index >= 15 is 0 Å². The number of fused-ring (bicyclic) bond motifs is 1. The summed E-state index contributed by atoms with van der Waals surface area (Å²) in [4.78, 5) is 13.8. The van der Waals surface area contributed by atoms with E-state index in [4.69, 9.17) is 9.47 Å². The van der Waals surface area contributed by atoms with Crippen LogP contribution in [0, 0.1) is 0 Å². The van der Waals surface area contributed by atoms with Crippen molar-refractivity contribution in [2.75, 3.05) is 43.0 Å². The highest BCUT2D eigenvalue weighted by atomic mass is 32.2. The molecule has 1 saturated heterocycles. The average Bonchev–Trinajstić information content (AvgIpc) is 2.73. The molecule has 2 heterocycles. The maximum atomic E-state index is 13.0. The summed E-state index contributed by atoms with van der Waals surface area (Å²) < 4.78 is 38.6. The second-order valence-corrected chi connectivity index (χ2v) is 9.48. The van der Waals surface area contributed by atoms with Gasteiger partial charge in [0.15, 0.2) is 6.61 Å². The lowest BCUT2D eigenvalue weighted by Crippen LogP contribution is -2.48. The molecule has 2 aromatic rings. The summed E-state index contributed by atoms with van der Waals surface area (Å²) in [5, 5.41) is 2.77. The number of nitrogens with zero attached hydrogens (tertiary/aromatic N) is 2. The molecule has 0 unspecified atom stereocenters. The molecule has 9 heteroatoms. The van der Waals surface area contributed by atoms with Crippen molar-refractivity contribution in [1.29, 1.82) is 0 Å². The summed E-state index contributed by atoms with van der Waals surface area (Å²) in [6, 6.07) is 12.2. The minimum atomic E-state index is -3.55. The van der Waals surface area contributed by atoms with Crippen molar-refractivity contribution >= 4 is 27.3 Å². The molecule has 1 amide bonds. The predicted molar refractivity (Wildman–Crippen MR) is 114 cm³/mol. The van der Waals surface area contributed by atoms with E-state index in [-0.39, 0.29) is 23.5 Å². The minimum absolute atomic E-state index is 0.00345. The molecule has 2 aliphatic rings. The third-order valence-electron chi connectivity index (χ3n) is 5.04. The largest absolute Gasteiger partial charge is 0.491 e. The molecule has 0 saturated carbocycles. The van der Waals surface area contributed by atoms with Gasteiger partial charge in [0, 0.05) is 37.9 Å². The first-order valence-electron chi connectivity index (χ1n) is 9.91. The number of rotatable bonds is 5. The third-order valence-corrected chi connectivity index (χ3v) is 6.95. The van der Waals surface area contributed by atoms with Gasteiger partial charge in [0.05, 0.1) is 16.7 Å². The number of carbonyl (C=O) groups is 1. The average molecular weight is 432 g/mol. The number of sulfonamides is 1. The Morgan fingerprint density at radius 1 is 1.03 bits per heavy atom. The van der Waals surface area contributed by atoms with Gasteiger partial charge < -0.3 is 19.7 Å². The molecule has 0 radical (unpaired) electrons. The molecule has 2 aliphatic heterocycles. The van der Waals surface area contributed by atoms with Gasteiger partial charge in [-0.3, -0.25) is 4.79 Å². The topological polar surface area (TPSA) is 88.2 Å². The van der Waals surface area contributed by atoms with E-state index in [0.29, 0.717) is 43.4 Å². The summed E-state index contributed by atoms with van der Waals surface area (Å²) in [6.07, 6.45) is 0.0331. The number of hydrogen-bond donors (Lipinski definition) is 1. The SMILES string of the molecule is CC(C)Oc1ccc(S(=O)(=O)N2CCN(c3ccc4c(c3)OCC(=O)N4)CC2)cc1. The summed E-state index contributed by atoms with van der Waals surface area (Å²) >= 11 is 0. The Morgan fingerprint density at radius 3 is 2.40 bits per heavy atom. The van der Waals surface area contributed by atoms with Gasteiger partial charge in [0.1, 0.15) is 11.5 Å². The lowest BCUT2D eigenvalue weighted by Gasteiger charge is -2.35. The first-order chi connectivity index (χ1) is 14.3. The third kappa shape index (κ3) is 4.22. The second-order valence-electron chi connectivity index (χ2n) is 7.55. The molecular formula is C21H25N3O5S. The second kappa shape index (κ2) is 8.16. The van der Waals surface area contributed by atoms with Gasteiger partial charge in [-0.2, -0.15) is 4.31 Å². The smallest absolute Gasteiger partial charge is 0.262 e. The molecule has 0 aromatic heterocycles. The van der Waals surface area contributed by atoms with E-state index in [2.05, 4.69) is 10.2 Å². The Bertz CT molecular complexity index is 1030. The Morgan fingerprint density at radius 2 is 1.73 bits per heavy atom. The molecule has 0 aliphatic carbocycles. The van der Waals surface area contributed by atoms with Crippen LogP contribution < -0.4 is 19.7 Å². The van der Waals surface area contributed by atoms with Crippen LogP contribution in [0.2, 0.25) is 0 Å². The lowest BCUT2D eigenvalue weighted by molar-refractivity contribution is -0.118. The van der Waals surface area contributed by atoms with Crippen molar-refractivity contribution in [3.05, 3.63) is 42.5 Å². The molecule has 8 nitrogen and oxygen atoms in total. The van der Waals surface area contributed by atoms with E-state index in [1.165, 1.54) is 4.31 Å². The summed E-state index contributed by atoms with van der Waals surface area (Å²) in [7, 11) is -3.55. The van der Waals surface area contributed by atoms with Gasteiger partial charge in [-0.1, -0.05) is 0 Å². The molecule has 30 heavy (non-hydrogen) atoms.